The van der Waals surface area contributed by atoms with Crippen LogP contribution in [-0.2, 0) is 11.3 Å². The van der Waals surface area contributed by atoms with Crippen LogP contribution in [0.15, 0.2) is 0 Å². The lowest BCUT2D eigenvalue weighted by Gasteiger charge is -2.14. The number of anilines is 1. The van der Waals surface area contributed by atoms with Crippen LogP contribution >= 0.6 is 11.3 Å². The van der Waals surface area contributed by atoms with E-state index in [4.69, 9.17) is 9.47 Å². The highest BCUT2D eigenvalue weighted by Crippen LogP contribution is 2.30. The van der Waals surface area contributed by atoms with Crippen LogP contribution in [0.5, 0.6) is 5.88 Å². The molecule has 5 nitrogen and oxygen atoms in total. The standard InChI is InChI=1S/C13H23N3O2S/c1-9-10(5-6-18-9)7-14-8-11-12(17-4)15-13(19-11)16(2)3/h9-10,14H,5-8H2,1-4H3. The van der Waals surface area contributed by atoms with E-state index in [0.717, 1.165) is 42.0 Å². The van der Waals surface area contributed by atoms with Crippen LogP contribution in [0.3, 0.4) is 0 Å². The van der Waals surface area contributed by atoms with Crippen molar-refractivity contribution in [2.45, 2.75) is 26.0 Å². The van der Waals surface area contributed by atoms with Gasteiger partial charge >= 0.3 is 0 Å². The van der Waals surface area contributed by atoms with Gasteiger partial charge in [0.05, 0.1) is 18.1 Å². The first-order chi connectivity index (χ1) is 9.11. The van der Waals surface area contributed by atoms with Gasteiger partial charge in [0.25, 0.3) is 0 Å². The molecule has 0 radical (unpaired) electrons. The number of hydrogen-bond donors (Lipinski definition) is 1. The summed E-state index contributed by atoms with van der Waals surface area (Å²) < 4.78 is 10.9. The topological polar surface area (TPSA) is 46.6 Å². The quantitative estimate of drug-likeness (QED) is 0.862. The Bertz CT molecular complexity index is 409. The zero-order valence-electron chi connectivity index (χ0n) is 12.1. The molecule has 108 valence electrons. The fraction of sp³-hybridized carbons (Fsp3) is 0.769. The number of methoxy groups -OCH3 is 1. The summed E-state index contributed by atoms with van der Waals surface area (Å²) in [5, 5.41) is 4.47. The number of aromatic nitrogens is 1. The van der Waals surface area contributed by atoms with Gasteiger partial charge in [-0.1, -0.05) is 11.3 Å². The lowest BCUT2D eigenvalue weighted by molar-refractivity contribution is 0.105. The Kier molecular flexibility index (Phi) is 5.01. The molecule has 1 aliphatic heterocycles. The molecule has 1 aromatic rings. The summed E-state index contributed by atoms with van der Waals surface area (Å²) in [5.74, 6) is 1.35. The average molecular weight is 285 g/mol. The summed E-state index contributed by atoms with van der Waals surface area (Å²) in [6, 6.07) is 0. The molecule has 6 heteroatoms. The first-order valence-corrected chi connectivity index (χ1v) is 7.46. The lowest BCUT2D eigenvalue weighted by Crippen LogP contribution is -2.26. The highest BCUT2D eigenvalue weighted by molar-refractivity contribution is 7.15. The Hall–Kier alpha value is -0.850. The second-order valence-corrected chi connectivity index (χ2v) is 6.14. The molecule has 2 unspecified atom stereocenters. The van der Waals surface area contributed by atoms with Crippen molar-refractivity contribution in [3.05, 3.63) is 4.88 Å². The molecule has 0 spiro atoms. The van der Waals surface area contributed by atoms with Gasteiger partial charge in [0.1, 0.15) is 0 Å². The maximum Gasteiger partial charge on any atom is 0.230 e. The fourth-order valence-corrected chi connectivity index (χ4v) is 3.13. The maximum absolute atomic E-state index is 5.57. The van der Waals surface area contributed by atoms with Gasteiger partial charge in [-0.2, -0.15) is 4.98 Å². The molecule has 1 aliphatic rings. The minimum Gasteiger partial charge on any atom is -0.480 e. The van der Waals surface area contributed by atoms with Crippen molar-refractivity contribution in [3.8, 4) is 5.88 Å². The Morgan fingerprint density at radius 2 is 2.32 bits per heavy atom. The molecule has 1 N–H and O–H groups in total. The molecule has 0 saturated carbocycles. The summed E-state index contributed by atoms with van der Waals surface area (Å²) in [5.41, 5.74) is 0. The highest BCUT2D eigenvalue weighted by Gasteiger charge is 2.23. The summed E-state index contributed by atoms with van der Waals surface area (Å²) in [6.45, 7) is 4.83. The zero-order valence-corrected chi connectivity index (χ0v) is 12.9. The van der Waals surface area contributed by atoms with Crippen LogP contribution in [-0.4, -0.2) is 45.4 Å². The van der Waals surface area contributed by atoms with Gasteiger partial charge in [0, 0.05) is 33.8 Å². The van der Waals surface area contributed by atoms with E-state index in [1.54, 1.807) is 18.4 Å². The largest absolute Gasteiger partial charge is 0.480 e. The number of thiazole rings is 1. The van der Waals surface area contributed by atoms with Crippen LogP contribution in [0.4, 0.5) is 5.13 Å². The van der Waals surface area contributed by atoms with Gasteiger partial charge in [-0.05, 0) is 19.3 Å². The van der Waals surface area contributed by atoms with Crippen molar-refractivity contribution >= 4 is 16.5 Å². The second-order valence-electron chi connectivity index (χ2n) is 5.08. The number of rotatable bonds is 6. The molecule has 0 aliphatic carbocycles. The van der Waals surface area contributed by atoms with Crippen LogP contribution in [0.1, 0.15) is 18.2 Å². The number of hydrogen-bond acceptors (Lipinski definition) is 6. The van der Waals surface area contributed by atoms with Gasteiger partial charge in [-0.15, -0.1) is 0 Å². The number of nitrogens with zero attached hydrogens (tertiary/aromatic N) is 2. The van der Waals surface area contributed by atoms with Crippen LogP contribution in [0.25, 0.3) is 0 Å². The minimum atomic E-state index is 0.369. The molecule has 0 bridgehead atoms. The fourth-order valence-electron chi connectivity index (χ4n) is 2.20. The third kappa shape index (κ3) is 3.58. The minimum absolute atomic E-state index is 0.369. The van der Waals surface area contributed by atoms with Crippen LogP contribution < -0.4 is 15.0 Å². The molecule has 1 aromatic heterocycles. The molecule has 2 atom stereocenters. The predicted molar refractivity (Wildman–Crippen MR) is 78.2 cm³/mol. The highest BCUT2D eigenvalue weighted by atomic mass is 32.1. The molecular formula is C13H23N3O2S. The van der Waals surface area contributed by atoms with Crippen molar-refractivity contribution in [2.24, 2.45) is 5.92 Å². The van der Waals surface area contributed by atoms with Gasteiger partial charge in [0.15, 0.2) is 5.13 Å². The van der Waals surface area contributed by atoms with E-state index in [2.05, 4.69) is 17.2 Å². The van der Waals surface area contributed by atoms with Gasteiger partial charge < -0.3 is 19.7 Å². The van der Waals surface area contributed by atoms with Gasteiger partial charge in [-0.25, -0.2) is 0 Å². The Balaban J connectivity index is 1.88. The van der Waals surface area contributed by atoms with Crippen molar-refractivity contribution in [1.29, 1.82) is 0 Å². The van der Waals surface area contributed by atoms with E-state index in [9.17, 15) is 0 Å². The lowest BCUT2D eigenvalue weighted by atomic mass is 10.0. The first kappa shape index (κ1) is 14.6. The van der Waals surface area contributed by atoms with Crippen molar-refractivity contribution in [1.82, 2.24) is 10.3 Å². The Morgan fingerprint density at radius 1 is 1.53 bits per heavy atom. The van der Waals surface area contributed by atoms with E-state index >= 15 is 0 Å². The summed E-state index contributed by atoms with van der Waals surface area (Å²) in [4.78, 5) is 7.61. The van der Waals surface area contributed by atoms with Crippen LogP contribution in [0, 0.1) is 5.92 Å². The van der Waals surface area contributed by atoms with Crippen molar-refractivity contribution < 1.29 is 9.47 Å². The van der Waals surface area contributed by atoms with Gasteiger partial charge in [0.2, 0.25) is 5.88 Å². The molecular weight excluding hydrogens is 262 g/mol. The van der Waals surface area contributed by atoms with Crippen molar-refractivity contribution in [2.75, 3.05) is 39.3 Å². The summed E-state index contributed by atoms with van der Waals surface area (Å²) in [6.07, 6.45) is 1.52. The predicted octanol–water partition coefficient (Wildman–Crippen LogP) is 1.73. The van der Waals surface area contributed by atoms with E-state index in [-0.39, 0.29) is 0 Å². The molecule has 2 heterocycles. The number of nitrogens with one attached hydrogen (secondary N) is 1. The third-order valence-corrected chi connectivity index (χ3v) is 4.66. The molecule has 0 aromatic carbocycles. The average Bonchev–Trinajstić information content (AvgIpc) is 2.96. The monoisotopic (exact) mass is 285 g/mol. The Labute approximate surface area is 118 Å². The molecule has 0 amide bonds. The van der Waals surface area contributed by atoms with Crippen LogP contribution in [0.2, 0.25) is 0 Å². The zero-order chi connectivity index (χ0) is 13.8. The summed E-state index contributed by atoms with van der Waals surface area (Å²) >= 11 is 1.67. The molecule has 2 rings (SSSR count). The van der Waals surface area contributed by atoms with Gasteiger partial charge in [-0.3, -0.25) is 0 Å². The Morgan fingerprint density at radius 3 is 2.89 bits per heavy atom. The third-order valence-electron chi connectivity index (χ3n) is 3.45. The maximum atomic E-state index is 5.57. The first-order valence-electron chi connectivity index (χ1n) is 6.65. The molecule has 1 fully saturated rings. The smallest absolute Gasteiger partial charge is 0.230 e. The normalized spacial score (nSPS) is 22.7. The SMILES string of the molecule is COc1nc(N(C)C)sc1CNCC1CCOC1C. The summed E-state index contributed by atoms with van der Waals surface area (Å²) in [7, 11) is 5.66. The molecule has 1 saturated heterocycles. The number of ether oxygens (including phenoxy) is 2. The van der Waals surface area contributed by atoms with E-state index in [1.807, 2.05) is 19.0 Å². The van der Waals surface area contributed by atoms with E-state index in [1.165, 1.54) is 0 Å². The second kappa shape index (κ2) is 6.54. The van der Waals surface area contributed by atoms with E-state index < -0.39 is 0 Å². The molecule has 19 heavy (non-hydrogen) atoms. The van der Waals surface area contributed by atoms with Crippen molar-refractivity contribution in [3.63, 3.8) is 0 Å². The van der Waals surface area contributed by atoms with E-state index in [0.29, 0.717) is 12.0 Å².